The number of rotatable bonds is 1. The summed E-state index contributed by atoms with van der Waals surface area (Å²) in [7, 11) is 0. The van der Waals surface area contributed by atoms with Gasteiger partial charge in [0.2, 0.25) is 0 Å². The summed E-state index contributed by atoms with van der Waals surface area (Å²) in [5.41, 5.74) is 10.3. The minimum absolute atomic E-state index is 0.886. The van der Waals surface area contributed by atoms with Crippen molar-refractivity contribution in [1.29, 1.82) is 0 Å². The Bertz CT molecular complexity index is 934. The second-order valence-corrected chi connectivity index (χ2v) is 8.21. The highest BCUT2D eigenvalue weighted by Gasteiger charge is 2.28. The molecule has 2 N–H and O–H groups in total. The molecule has 0 heterocycles. The molecular weight excluding hydrogens is 302 g/mol. The molecule has 0 spiro atoms. The second-order valence-electron chi connectivity index (χ2n) is 8.21. The fraction of sp³-hybridized carbons (Fsp3) is 0.417. The Morgan fingerprint density at radius 1 is 0.680 bits per heavy atom. The summed E-state index contributed by atoms with van der Waals surface area (Å²) in [6.07, 6.45) is 11.2. The quantitative estimate of drug-likeness (QED) is 0.414. The summed E-state index contributed by atoms with van der Waals surface area (Å²) in [6, 6.07) is 15.6. The van der Waals surface area contributed by atoms with Crippen LogP contribution in [0.5, 0.6) is 0 Å². The van der Waals surface area contributed by atoms with Gasteiger partial charge in [0, 0.05) is 11.1 Å². The average molecular weight is 329 g/mol. The summed E-state index contributed by atoms with van der Waals surface area (Å²) >= 11 is 0. The number of aryl methyl sites for hydroxylation is 1. The van der Waals surface area contributed by atoms with E-state index in [1.165, 1.54) is 72.9 Å². The second kappa shape index (κ2) is 6.05. The summed E-state index contributed by atoms with van der Waals surface area (Å²) in [6.45, 7) is 0. The van der Waals surface area contributed by atoms with E-state index in [9.17, 15) is 0 Å². The normalized spacial score (nSPS) is 21.5. The van der Waals surface area contributed by atoms with E-state index in [1.54, 1.807) is 11.1 Å². The van der Waals surface area contributed by atoms with Gasteiger partial charge < -0.3 is 5.73 Å². The van der Waals surface area contributed by atoms with Gasteiger partial charge in [0.05, 0.1) is 0 Å². The van der Waals surface area contributed by atoms with Crippen molar-refractivity contribution in [3.8, 4) is 0 Å². The van der Waals surface area contributed by atoms with Gasteiger partial charge in [0.15, 0.2) is 0 Å². The molecule has 1 fully saturated rings. The van der Waals surface area contributed by atoms with Crippen molar-refractivity contribution in [3.63, 3.8) is 0 Å². The number of nitrogens with two attached hydrogens (primary N) is 1. The first kappa shape index (κ1) is 15.3. The third-order valence-corrected chi connectivity index (χ3v) is 6.87. The Labute approximate surface area is 150 Å². The Hall–Kier alpha value is -2.02. The Kier molecular flexibility index (Phi) is 3.69. The first-order valence-electron chi connectivity index (χ1n) is 10.0. The first-order chi connectivity index (χ1) is 12.3. The van der Waals surface area contributed by atoms with Crippen LogP contribution in [0, 0.1) is 11.8 Å². The third kappa shape index (κ3) is 2.52. The van der Waals surface area contributed by atoms with E-state index >= 15 is 0 Å². The zero-order valence-electron chi connectivity index (χ0n) is 14.9. The molecule has 0 saturated heterocycles. The van der Waals surface area contributed by atoms with Crippen LogP contribution in [0.2, 0.25) is 0 Å². The highest BCUT2D eigenvalue weighted by atomic mass is 14.5. The summed E-state index contributed by atoms with van der Waals surface area (Å²) < 4.78 is 0. The number of hydrogen-bond donors (Lipinski definition) is 1. The summed E-state index contributed by atoms with van der Waals surface area (Å²) in [4.78, 5) is 0. The van der Waals surface area contributed by atoms with E-state index in [4.69, 9.17) is 5.73 Å². The molecule has 128 valence electrons. The molecule has 2 aliphatic carbocycles. The van der Waals surface area contributed by atoms with E-state index < -0.39 is 0 Å². The lowest BCUT2D eigenvalue weighted by molar-refractivity contribution is 0.228. The maximum Gasteiger partial charge on any atom is 0.0393 e. The molecule has 5 rings (SSSR count). The van der Waals surface area contributed by atoms with Gasteiger partial charge in [0.25, 0.3) is 0 Å². The molecule has 1 unspecified atom stereocenters. The monoisotopic (exact) mass is 329 g/mol. The van der Waals surface area contributed by atoms with Crippen molar-refractivity contribution in [2.24, 2.45) is 11.8 Å². The minimum atomic E-state index is 0.886. The number of nitrogen functional groups attached to an aromatic ring is 1. The molecule has 0 radical (unpaired) electrons. The van der Waals surface area contributed by atoms with Crippen LogP contribution in [0.1, 0.15) is 49.7 Å². The highest BCUT2D eigenvalue weighted by Crippen LogP contribution is 2.41. The van der Waals surface area contributed by atoms with Crippen LogP contribution >= 0.6 is 0 Å². The predicted molar refractivity (Wildman–Crippen MR) is 108 cm³/mol. The highest BCUT2D eigenvalue weighted by molar-refractivity contribution is 6.12. The Balaban J connectivity index is 1.62. The van der Waals surface area contributed by atoms with E-state index in [1.807, 2.05) is 6.07 Å². The van der Waals surface area contributed by atoms with Crippen LogP contribution in [0.4, 0.5) is 5.69 Å². The Morgan fingerprint density at radius 2 is 1.44 bits per heavy atom. The van der Waals surface area contributed by atoms with Crippen molar-refractivity contribution in [2.75, 3.05) is 5.73 Å². The molecule has 0 aromatic heterocycles. The van der Waals surface area contributed by atoms with Gasteiger partial charge in [-0.15, -0.1) is 0 Å². The maximum absolute atomic E-state index is 6.20. The minimum Gasteiger partial charge on any atom is -0.398 e. The molecule has 3 aromatic rings. The lowest BCUT2D eigenvalue weighted by Gasteiger charge is -2.34. The molecule has 1 heteroatoms. The lowest BCUT2D eigenvalue weighted by atomic mass is 9.71. The van der Waals surface area contributed by atoms with Gasteiger partial charge in [0.1, 0.15) is 0 Å². The first-order valence-corrected chi connectivity index (χ1v) is 10.0. The van der Waals surface area contributed by atoms with Crippen molar-refractivity contribution in [2.45, 2.75) is 51.4 Å². The van der Waals surface area contributed by atoms with Gasteiger partial charge in [-0.1, -0.05) is 68.5 Å². The van der Waals surface area contributed by atoms with Gasteiger partial charge >= 0.3 is 0 Å². The van der Waals surface area contributed by atoms with Gasteiger partial charge in [-0.3, -0.25) is 0 Å². The zero-order chi connectivity index (χ0) is 16.8. The SMILES string of the molecule is Nc1cccc2c1ccc1c3c(ccc12)CCC(C1CCCCC1)C3. The van der Waals surface area contributed by atoms with Crippen LogP contribution < -0.4 is 5.73 Å². The summed E-state index contributed by atoms with van der Waals surface area (Å²) in [5.74, 6) is 1.86. The van der Waals surface area contributed by atoms with Crippen LogP contribution in [0.25, 0.3) is 21.5 Å². The number of benzene rings is 3. The van der Waals surface area contributed by atoms with E-state index in [0.717, 1.165) is 17.5 Å². The number of anilines is 1. The number of hydrogen-bond acceptors (Lipinski definition) is 1. The van der Waals surface area contributed by atoms with Gasteiger partial charge in [-0.2, -0.15) is 0 Å². The standard InChI is InChI=1S/C24H27N/c25-24-8-4-7-19-20-12-11-17-9-10-18(16-5-2-1-3-6-16)15-23(17)21(20)13-14-22(19)24/h4,7-8,11-14,16,18H,1-3,5-6,9-10,15,25H2. The molecule has 0 amide bonds. The summed E-state index contributed by atoms with van der Waals surface area (Å²) in [5, 5.41) is 5.35. The third-order valence-electron chi connectivity index (χ3n) is 6.87. The van der Waals surface area contributed by atoms with Gasteiger partial charge in [-0.25, -0.2) is 0 Å². The van der Waals surface area contributed by atoms with Crippen LogP contribution in [0.15, 0.2) is 42.5 Å². The lowest BCUT2D eigenvalue weighted by Crippen LogP contribution is -2.24. The maximum atomic E-state index is 6.20. The van der Waals surface area contributed by atoms with Crippen LogP contribution in [-0.4, -0.2) is 0 Å². The average Bonchev–Trinajstić information content (AvgIpc) is 2.68. The fourth-order valence-electron chi connectivity index (χ4n) is 5.49. The number of fused-ring (bicyclic) bond motifs is 5. The molecule has 25 heavy (non-hydrogen) atoms. The van der Waals surface area contributed by atoms with Crippen LogP contribution in [-0.2, 0) is 12.8 Å². The molecular formula is C24H27N. The zero-order valence-corrected chi connectivity index (χ0v) is 14.9. The van der Waals surface area contributed by atoms with E-state index in [2.05, 4.69) is 36.4 Å². The molecule has 0 aliphatic heterocycles. The predicted octanol–water partition coefficient (Wildman–Crippen LogP) is 6.26. The largest absolute Gasteiger partial charge is 0.398 e. The molecule has 1 nitrogen and oxygen atoms in total. The fourth-order valence-corrected chi connectivity index (χ4v) is 5.49. The molecule has 3 aromatic carbocycles. The van der Waals surface area contributed by atoms with Crippen molar-refractivity contribution in [3.05, 3.63) is 53.6 Å². The van der Waals surface area contributed by atoms with Crippen molar-refractivity contribution < 1.29 is 0 Å². The molecule has 1 saturated carbocycles. The van der Waals surface area contributed by atoms with E-state index in [-0.39, 0.29) is 0 Å². The van der Waals surface area contributed by atoms with Crippen molar-refractivity contribution >= 4 is 27.2 Å². The Morgan fingerprint density at radius 3 is 2.32 bits per heavy atom. The molecule has 1 atom stereocenters. The van der Waals surface area contributed by atoms with Crippen LogP contribution in [0.3, 0.4) is 0 Å². The molecule has 2 aliphatic rings. The topological polar surface area (TPSA) is 26.0 Å². The van der Waals surface area contributed by atoms with Crippen molar-refractivity contribution in [1.82, 2.24) is 0 Å². The smallest absolute Gasteiger partial charge is 0.0393 e. The van der Waals surface area contributed by atoms with E-state index in [0.29, 0.717) is 0 Å². The molecule has 0 bridgehead atoms. The van der Waals surface area contributed by atoms with Gasteiger partial charge in [-0.05, 0) is 64.5 Å².